The SMILES string of the molecule is CCc1ccc(CC(N)C(CC)c2ccccc2)s1. The monoisotopic (exact) mass is 273 g/mol. The fourth-order valence-electron chi connectivity index (χ4n) is 2.58. The number of nitrogens with two attached hydrogens (primary N) is 1. The van der Waals surface area contributed by atoms with E-state index < -0.39 is 0 Å². The first-order chi connectivity index (χ1) is 9.24. The summed E-state index contributed by atoms with van der Waals surface area (Å²) < 4.78 is 0. The second kappa shape index (κ2) is 6.88. The van der Waals surface area contributed by atoms with Crippen LogP contribution in [0.15, 0.2) is 42.5 Å². The van der Waals surface area contributed by atoms with Gasteiger partial charge in [0.25, 0.3) is 0 Å². The van der Waals surface area contributed by atoms with E-state index in [-0.39, 0.29) is 6.04 Å². The molecule has 2 rings (SSSR count). The molecule has 0 amide bonds. The molecule has 0 saturated heterocycles. The number of hydrogen-bond donors (Lipinski definition) is 1. The molecule has 0 aliphatic rings. The van der Waals surface area contributed by atoms with Crippen LogP contribution in [0.4, 0.5) is 0 Å². The zero-order chi connectivity index (χ0) is 13.7. The van der Waals surface area contributed by atoms with Crippen LogP contribution in [0.2, 0.25) is 0 Å². The van der Waals surface area contributed by atoms with Crippen molar-refractivity contribution in [3.05, 3.63) is 57.8 Å². The number of aryl methyl sites for hydroxylation is 1. The Labute approximate surface area is 120 Å². The largest absolute Gasteiger partial charge is 0.327 e. The van der Waals surface area contributed by atoms with Gasteiger partial charge in [-0.25, -0.2) is 0 Å². The van der Waals surface area contributed by atoms with Crippen LogP contribution < -0.4 is 5.73 Å². The minimum atomic E-state index is 0.204. The molecule has 1 nitrogen and oxygen atoms in total. The van der Waals surface area contributed by atoms with Gasteiger partial charge in [-0.15, -0.1) is 11.3 Å². The van der Waals surface area contributed by atoms with E-state index in [1.54, 1.807) is 0 Å². The van der Waals surface area contributed by atoms with E-state index in [4.69, 9.17) is 5.73 Å². The van der Waals surface area contributed by atoms with E-state index in [1.807, 2.05) is 11.3 Å². The summed E-state index contributed by atoms with van der Waals surface area (Å²) in [7, 11) is 0. The van der Waals surface area contributed by atoms with Crippen molar-refractivity contribution in [1.82, 2.24) is 0 Å². The maximum Gasteiger partial charge on any atom is 0.0156 e. The summed E-state index contributed by atoms with van der Waals surface area (Å²) >= 11 is 1.90. The van der Waals surface area contributed by atoms with Crippen molar-refractivity contribution >= 4 is 11.3 Å². The lowest BCUT2D eigenvalue weighted by molar-refractivity contribution is 0.517. The van der Waals surface area contributed by atoms with Gasteiger partial charge in [-0.2, -0.15) is 0 Å². The van der Waals surface area contributed by atoms with Gasteiger partial charge in [0, 0.05) is 15.8 Å². The second-order valence-electron chi connectivity index (χ2n) is 5.01. The molecule has 1 aromatic heterocycles. The van der Waals surface area contributed by atoms with Crippen LogP contribution in [-0.4, -0.2) is 6.04 Å². The smallest absolute Gasteiger partial charge is 0.0156 e. The van der Waals surface area contributed by atoms with Gasteiger partial charge in [0.15, 0.2) is 0 Å². The zero-order valence-electron chi connectivity index (χ0n) is 11.8. The molecule has 0 radical (unpaired) electrons. The van der Waals surface area contributed by atoms with Crippen molar-refractivity contribution in [2.75, 3.05) is 0 Å². The summed E-state index contributed by atoms with van der Waals surface area (Å²) in [5.74, 6) is 0.452. The van der Waals surface area contributed by atoms with Gasteiger partial charge in [-0.3, -0.25) is 0 Å². The summed E-state index contributed by atoms with van der Waals surface area (Å²) in [5, 5.41) is 0. The molecule has 19 heavy (non-hydrogen) atoms. The lowest BCUT2D eigenvalue weighted by Crippen LogP contribution is -2.30. The molecule has 0 aliphatic heterocycles. The molecule has 2 aromatic rings. The van der Waals surface area contributed by atoms with Gasteiger partial charge < -0.3 is 5.73 Å². The van der Waals surface area contributed by atoms with Crippen molar-refractivity contribution < 1.29 is 0 Å². The number of thiophene rings is 1. The summed E-state index contributed by atoms with van der Waals surface area (Å²) in [6.45, 7) is 4.43. The molecule has 0 aliphatic carbocycles. The summed E-state index contributed by atoms with van der Waals surface area (Å²) in [5.41, 5.74) is 7.82. The normalized spacial score (nSPS) is 14.3. The molecule has 0 fully saturated rings. The Bertz CT molecular complexity index is 489. The Morgan fingerprint density at radius 1 is 1.00 bits per heavy atom. The Hall–Kier alpha value is -1.12. The molecular weight excluding hydrogens is 250 g/mol. The average Bonchev–Trinajstić information content (AvgIpc) is 2.88. The van der Waals surface area contributed by atoms with Crippen LogP contribution in [0.3, 0.4) is 0 Å². The van der Waals surface area contributed by atoms with Crippen LogP contribution in [0.25, 0.3) is 0 Å². The highest BCUT2D eigenvalue weighted by atomic mass is 32.1. The van der Waals surface area contributed by atoms with E-state index >= 15 is 0 Å². The zero-order valence-corrected chi connectivity index (χ0v) is 12.6. The maximum absolute atomic E-state index is 6.45. The molecular formula is C17H23NS. The molecule has 0 spiro atoms. The number of benzene rings is 1. The third kappa shape index (κ3) is 3.68. The fourth-order valence-corrected chi connectivity index (χ4v) is 3.61. The van der Waals surface area contributed by atoms with Crippen LogP contribution in [0, 0.1) is 0 Å². The predicted molar refractivity (Wildman–Crippen MR) is 84.9 cm³/mol. The van der Waals surface area contributed by atoms with Gasteiger partial charge in [-0.1, -0.05) is 44.2 Å². The minimum Gasteiger partial charge on any atom is -0.327 e. The summed E-state index contributed by atoms with van der Waals surface area (Å²) in [4.78, 5) is 2.87. The maximum atomic E-state index is 6.45. The lowest BCUT2D eigenvalue weighted by Gasteiger charge is -2.22. The van der Waals surface area contributed by atoms with Crippen molar-refractivity contribution in [2.45, 2.75) is 45.1 Å². The standard InChI is InChI=1S/C17H23NS/c1-3-14-10-11-15(19-14)12-17(18)16(4-2)13-8-6-5-7-9-13/h5-11,16-17H,3-4,12,18H2,1-2H3. The topological polar surface area (TPSA) is 26.0 Å². The second-order valence-corrected chi connectivity index (χ2v) is 6.27. The van der Waals surface area contributed by atoms with Crippen molar-refractivity contribution in [3.63, 3.8) is 0 Å². The molecule has 2 unspecified atom stereocenters. The third-order valence-corrected chi connectivity index (χ3v) is 4.94. The molecule has 0 saturated carbocycles. The van der Waals surface area contributed by atoms with Gasteiger partial charge in [0.1, 0.15) is 0 Å². The quantitative estimate of drug-likeness (QED) is 0.830. The number of rotatable bonds is 6. The van der Waals surface area contributed by atoms with E-state index in [0.717, 1.165) is 19.3 Å². The molecule has 1 heterocycles. The Morgan fingerprint density at radius 3 is 2.26 bits per heavy atom. The van der Waals surface area contributed by atoms with E-state index in [1.165, 1.54) is 15.3 Å². The van der Waals surface area contributed by atoms with Gasteiger partial charge in [-0.05, 0) is 42.9 Å². The number of hydrogen-bond acceptors (Lipinski definition) is 2. The average molecular weight is 273 g/mol. The minimum absolute atomic E-state index is 0.204. The lowest BCUT2D eigenvalue weighted by atomic mass is 9.88. The van der Waals surface area contributed by atoms with Crippen molar-refractivity contribution in [2.24, 2.45) is 5.73 Å². The highest BCUT2D eigenvalue weighted by Gasteiger charge is 2.18. The highest BCUT2D eigenvalue weighted by Crippen LogP contribution is 2.26. The van der Waals surface area contributed by atoms with E-state index in [0.29, 0.717) is 5.92 Å². The first kappa shape index (κ1) is 14.3. The highest BCUT2D eigenvalue weighted by molar-refractivity contribution is 7.11. The van der Waals surface area contributed by atoms with E-state index in [9.17, 15) is 0 Å². The Morgan fingerprint density at radius 2 is 1.68 bits per heavy atom. The summed E-state index contributed by atoms with van der Waals surface area (Å²) in [6, 6.07) is 15.3. The van der Waals surface area contributed by atoms with Crippen LogP contribution >= 0.6 is 11.3 Å². The van der Waals surface area contributed by atoms with Crippen LogP contribution in [0.5, 0.6) is 0 Å². The van der Waals surface area contributed by atoms with Crippen molar-refractivity contribution in [1.29, 1.82) is 0 Å². The molecule has 2 heteroatoms. The first-order valence-corrected chi connectivity index (χ1v) is 7.94. The fraction of sp³-hybridized carbons (Fsp3) is 0.412. The third-order valence-electron chi connectivity index (χ3n) is 3.69. The predicted octanol–water partition coefficient (Wildman–Crippen LogP) is 4.37. The Balaban J connectivity index is 2.06. The molecule has 0 bridgehead atoms. The van der Waals surface area contributed by atoms with Crippen LogP contribution in [0.1, 0.15) is 41.5 Å². The summed E-state index contributed by atoms with van der Waals surface area (Å²) in [6.07, 6.45) is 3.20. The Kier molecular flexibility index (Phi) is 5.17. The van der Waals surface area contributed by atoms with Crippen LogP contribution in [-0.2, 0) is 12.8 Å². The van der Waals surface area contributed by atoms with Gasteiger partial charge >= 0.3 is 0 Å². The molecule has 2 atom stereocenters. The molecule has 2 N–H and O–H groups in total. The van der Waals surface area contributed by atoms with Gasteiger partial charge in [0.05, 0.1) is 0 Å². The van der Waals surface area contributed by atoms with Crippen molar-refractivity contribution in [3.8, 4) is 0 Å². The van der Waals surface area contributed by atoms with E-state index in [2.05, 4.69) is 56.3 Å². The molecule has 1 aromatic carbocycles. The first-order valence-electron chi connectivity index (χ1n) is 7.12. The molecule has 102 valence electrons. The van der Waals surface area contributed by atoms with Gasteiger partial charge in [0.2, 0.25) is 0 Å².